The molecule has 0 saturated heterocycles. The van der Waals surface area contributed by atoms with Crippen molar-refractivity contribution in [3.8, 4) is 0 Å². The Morgan fingerprint density at radius 2 is 1.93 bits per heavy atom. The van der Waals surface area contributed by atoms with Crippen LogP contribution in [-0.2, 0) is 6.54 Å². The fourth-order valence-electron chi connectivity index (χ4n) is 1.54. The molecule has 0 fully saturated rings. The van der Waals surface area contributed by atoms with Gasteiger partial charge in [0.25, 0.3) is 0 Å². The Balaban J connectivity index is 2.12. The van der Waals surface area contributed by atoms with Gasteiger partial charge in [-0.3, -0.25) is 0 Å². The largest absolute Gasteiger partial charge is 0.313 e. The van der Waals surface area contributed by atoms with E-state index in [2.05, 4.69) is 18.3 Å². The van der Waals surface area contributed by atoms with Crippen LogP contribution >= 0.6 is 11.6 Å². The maximum atomic E-state index is 6.05. The first-order valence-corrected chi connectivity index (χ1v) is 6.16. The minimum Gasteiger partial charge on any atom is -0.313 e. The average molecular weight is 226 g/mol. The minimum absolute atomic E-state index is 0.860. The van der Waals surface area contributed by atoms with E-state index in [1.165, 1.54) is 31.2 Å². The zero-order valence-corrected chi connectivity index (χ0v) is 10.2. The second kappa shape index (κ2) is 7.72. The number of hydrogen-bond acceptors (Lipinski definition) is 1. The number of rotatable bonds is 7. The van der Waals surface area contributed by atoms with Crippen LogP contribution in [0.15, 0.2) is 24.3 Å². The molecule has 1 rings (SSSR count). The molecule has 1 aromatic rings. The smallest absolute Gasteiger partial charge is 0.0450 e. The Labute approximate surface area is 97.8 Å². The summed E-state index contributed by atoms with van der Waals surface area (Å²) in [5.41, 5.74) is 1.19. The van der Waals surface area contributed by atoms with E-state index in [9.17, 15) is 0 Å². The molecule has 1 nitrogen and oxygen atoms in total. The van der Waals surface area contributed by atoms with Crippen LogP contribution in [0.5, 0.6) is 0 Å². The first-order valence-electron chi connectivity index (χ1n) is 5.78. The molecule has 0 aliphatic heterocycles. The summed E-state index contributed by atoms with van der Waals surface area (Å²) in [7, 11) is 0. The predicted octanol–water partition coefficient (Wildman–Crippen LogP) is 4.01. The number of unbranched alkanes of at least 4 members (excludes halogenated alkanes) is 3. The second-order valence-electron chi connectivity index (χ2n) is 3.83. The van der Waals surface area contributed by atoms with Gasteiger partial charge in [-0.05, 0) is 24.6 Å². The highest BCUT2D eigenvalue weighted by atomic mass is 35.5. The Morgan fingerprint density at radius 1 is 1.13 bits per heavy atom. The Hall–Kier alpha value is -0.530. The molecule has 0 saturated carbocycles. The van der Waals surface area contributed by atoms with E-state index in [0.29, 0.717) is 0 Å². The summed E-state index contributed by atoms with van der Waals surface area (Å²) in [5.74, 6) is 0. The molecule has 0 aliphatic rings. The van der Waals surface area contributed by atoms with Gasteiger partial charge in [0.1, 0.15) is 0 Å². The molecule has 0 spiro atoms. The molecule has 0 atom stereocenters. The zero-order chi connectivity index (χ0) is 10.9. The fourth-order valence-corrected chi connectivity index (χ4v) is 1.74. The number of nitrogens with one attached hydrogen (secondary N) is 1. The van der Waals surface area contributed by atoms with E-state index in [-0.39, 0.29) is 0 Å². The van der Waals surface area contributed by atoms with Crippen molar-refractivity contribution in [3.63, 3.8) is 0 Å². The number of halogens is 1. The van der Waals surface area contributed by atoms with Crippen LogP contribution in [0.4, 0.5) is 0 Å². The molecule has 0 aliphatic carbocycles. The molecule has 1 aromatic carbocycles. The number of hydrogen-bond donors (Lipinski definition) is 1. The molecule has 0 radical (unpaired) electrons. The SMILES string of the molecule is CCCCCCNCc1ccccc1Cl. The van der Waals surface area contributed by atoms with Crippen molar-refractivity contribution in [1.82, 2.24) is 5.32 Å². The fraction of sp³-hybridized carbons (Fsp3) is 0.538. The maximum absolute atomic E-state index is 6.05. The van der Waals surface area contributed by atoms with Crippen LogP contribution in [-0.4, -0.2) is 6.54 Å². The highest BCUT2D eigenvalue weighted by Gasteiger charge is 1.97. The first kappa shape index (κ1) is 12.5. The lowest BCUT2D eigenvalue weighted by molar-refractivity contribution is 0.598. The molecule has 2 heteroatoms. The summed E-state index contributed by atoms with van der Waals surface area (Å²) in [6.07, 6.45) is 5.22. The van der Waals surface area contributed by atoms with E-state index in [0.717, 1.165) is 18.1 Å². The van der Waals surface area contributed by atoms with Gasteiger partial charge < -0.3 is 5.32 Å². The summed E-state index contributed by atoms with van der Waals surface area (Å²) in [5, 5.41) is 4.28. The third kappa shape index (κ3) is 5.19. The quantitative estimate of drug-likeness (QED) is 0.692. The third-order valence-electron chi connectivity index (χ3n) is 2.48. The van der Waals surface area contributed by atoms with Crippen LogP contribution in [0.3, 0.4) is 0 Å². The van der Waals surface area contributed by atoms with Crippen LogP contribution in [0, 0.1) is 0 Å². The molecule has 0 bridgehead atoms. The summed E-state index contributed by atoms with van der Waals surface area (Å²) in [6.45, 7) is 4.20. The summed E-state index contributed by atoms with van der Waals surface area (Å²) in [6, 6.07) is 8.00. The van der Waals surface area contributed by atoms with Gasteiger partial charge in [0.05, 0.1) is 0 Å². The average Bonchev–Trinajstić information content (AvgIpc) is 2.25. The Bertz CT molecular complexity index is 273. The molecule has 0 amide bonds. The van der Waals surface area contributed by atoms with Crippen molar-refractivity contribution in [3.05, 3.63) is 34.9 Å². The lowest BCUT2D eigenvalue weighted by Crippen LogP contribution is -2.14. The van der Waals surface area contributed by atoms with Crippen LogP contribution in [0.1, 0.15) is 38.2 Å². The lowest BCUT2D eigenvalue weighted by atomic mass is 10.2. The monoisotopic (exact) mass is 225 g/mol. The Kier molecular flexibility index (Phi) is 6.45. The van der Waals surface area contributed by atoms with Crippen molar-refractivity contribution < 1.29 is 0 Å². The van der Waals surface area contributed by atoms with Crippen molar-refractivity contribution in [1.29, 1.82) is 0 Å². The molecule has 0 unspecified atom stereocenters. The summed E-state index contributed by atoms with van der Waals surface area (Å²) >= 11 is 6.05. The number of benzene rings is 1. The van der Waals surface area contributed by atoms with Crippen LogP contribution < -0.4 is 5.32 Å². The topological polar surface area (TPSA) is 12.0 Å². The van der Waals surface area contributed by atoms with Gasteiger partial charge in [-0.2, -0.15) is 0 Å². The summed E-state index contributed by atoms with van der Waals surface area (Å²) in [4.78, 5) is 0. The first-order chi connectivity index (χ1) is 7.34. The highest BCUT2D eigenvalue weighted by molar-refractivity contribution is 6.31. The molecule has 84 valence electrons. The van der Waals surface area contributed by atoms with E-state index in [4.69, 9.17) is 11.6 Å². The minimum atomic E-state index is 0.860. The van der Waals surface area contributed by atoms with Crippen LogP contribution in [0.25, 0.3) is 0 Å². The van der Waals surface area contributed by atoms with Crippen molar-refractivity contribution in [2.24, 2.45) is 0 Å². The lowest BCUT2D eigenvalue weighted by Gasteiger charge is -2.06. The van der Waals surface area contributed by atoms with Crippen molar-refractivity contribution in [2.45, 2.75) is 39.2 Å². The van der Waals surface area contributed by atoms with E-state index in [1.807, 2.05) is 18.2 Å². The standard InChI is InChI=1S/C13H20ClN/c1-2-3-4-7-10-15-11-12-8-5-6-9-13(12)14/h5-6,8-9,15H,2-4,7,10-11H2,1H3. The normalized spacial score (nSPS) is 10.5. The van der Waals surface area contributed by atoms with Gasteiger partial charge >= 0.3 is 0 Å². The molecule has 0 heterocycles. The highest BCUT2D eigenvalue weighted by Crippen LogP contribution is 2.14. The van der Waals surface area contributed by atoms with Gasteiger partial charge in [-0.1, -0.05) is 56.0 Å². The summed E-state index contributed by atoms with van der Waals surface area (Å²) < 4.78 is 0. The van der Waals surface area contributed by atoms with Gasteiger partial charge in [0.2, 0.25) is 0 Å². The van der Waals surface area contributed by atoms with E-state index >= 15 is 0 Å². The zero-order valence-electron chi connectivity index (χ0n) is 9.43. The molecular formula is C13H20ClN. The Morgan fingerprint density at radius 3 is 2.67 bits per heavy atom. The second-order valence-corrected chi connectivity index (χ2v) is 4.24. The van der Waals surface area contributed by atoms with Gasteiger partial charge in [0.15, 0.2) is 0 Å². The van der Waals surface area contributed by atoms with Crippen LogP contribution in [0.2, 0.25) is 5.02 Å². The molecular weight excluding hydrogens is 206 g/mol. The van der Waals surface area contributed by atoms with Crippen molar-refractivity contribution in [2.75, 3.05) is 6.54 Å². The third-order valence-corrected chi connectivity index (χ3v) is 2.85. The van der Waals surface area contributed by atoms with Gasteiger partial charge in [-0.15, -0.1) is 0 Å². The molecule has 1 N–H and O–H groups in total. The van der Waals surface area contributed by atoms with E-state index < -0.39 is 0 Å². The maximum Gasteiger partial charge on any atom is 0.0450 e. The predicted molar refractivity (Wildman–Crippen MR) is 67.3 cm³/mol. The van der Waals surface area contributed by atoms with Gasteiger partial charge in [-0.25, -0.2) is 0 Å². The van der Waals surface area contributed by atoms with Gasteiger partial charge in [0, 0.05) is 11.6 Å². The molecule has 15 heavy (non-hydrogen) atoms. The molecule has 0 aromatic heterocycles. The van der Waals surface area contributed by atoms with Crippen molar-refractivity contribution >= 4 is 11.6 Å². The van der Waals surface area contributed by atoms with E-state index in [1.54, 1.807) is 0 Å².